The highest BCUT2D eigenvalue weighted by atomic mass is 32.2. The van der Waals surface area contributed by atoms with E-state index in [1.165, 1.54) is 11.3 Å². The molecule has 31 heavy (non-hydrogen) atoms. The zero-order valence-corrected chi connectivity index (χ0v) is 17.6. The van der Waals surface area contributed by atoms with Crippen molar-refractivity contribution in [1.29, 1.82) is 0 Å². The number of amides is 3. The Morgan fingerprint density at radius 3 is 2.94 bits per heavy atom. The lowest BCUT2D eigenvalue weighted by Crippen LogP contribution is -2.37. The van der Waals surface area contributed by atoms with Gasteiger partial charge >= 0.3 is 0 Å². The summed E-state index contributed by atoms with van der Waals surface area (Å²) >= 11 is 2.33. The van der Waals surface area contributed by atoms with Crippen LogP contribution in [0.25, 0.3) is 16.3 Å². The molecule has 1 fully saturated rings. The van der Waals surface area contributed by atoms with E-state index in [4.69, 9.17) is 9.47 Å². The fourth-order valence-corrected chi connectivity index (χ4v) is 4.81. The summed E-state index contributed by atoms with van der Waals surface area (Å²) in [5.74, 6) is 0.605. The van der Waals surface area contributed by atoms with Crippen LogP contribution in [0.5, 0.6) is 11.5 Å². The molecule has 0 saturated carbocycles. The number of hydrogen-bond donors (Lipinski definition) is 1. The first kappa shape index (κ1) is 19.6. The molecule has 0 bridgehead atoms. The second kappa shape index (κ2) is 8.05. The van der Waals surface area contributed by atoms with Crippen molar-refractivity contribution in [3.05, 3.63) is 57.9 Å². The number of ether oxygens (including phenoxy) is 2. The van der Waals surface area contributed by atoms with E-state index in [0.29, 0.717) is 22.0 Å². The molecule has 5 rings (SSSR count). The van der Waals surface area contributed by atoms with E-state index in [-0.39, 0.29) is 36.9 Å². The fraction of sp³-hybridized carbons (Fsp3) is 0.143. The molecule has 2 aliphatic rings. The SMILES string of the molecule is O=C(NCCN1C(=O)S/C(=C\c2ccc3c(c2)OCO3)C1=O)c1ccc2ncsc2c1. The number of carbonyl (C=O) groups is 3. The monoisotopic (exact) mass is 453 g/mol. The summed E-state index contributed by atoms with van der Waals surface area (Å²) in [6.07, 6.45) is 1.65. The summed E-state index contributed by atoms with van der Waals surface area (Å²) < 4.78 is 11.5. The van der Waals surface area contributed by atoms with E-state index in [1.54, 1.807) is 48.0 Å². The van der Waals surface area contributed by atoms with Crippen LogP contribution >= 0.6 is 23.1 Å². The normalized spacial score (nSPS) is 16.5. The van der Waals surface area contributed by atoms with E-state index >= 15 is 0 Å². The number of rotatable bonds is 5. The highest BCUT2D eigenvalue weighted by Crippen LogP contribution is 2.36. The first-order valence-electron chi connectivity index (χ1n) is 9.35. The van der Waals surface area contributed by atoms with Crippen molar-refractivity contribution in [2.75, 3.05) is 19.9 Å². The molecule has 3 heterocycles. The summed E-state index contributed by atoms with van der Waals surface area (Å²) in [7, 11) is 0. The Kier molecular flexibility index (Phi) is 5.08. The Bertz CT molecular complexity index is 1250. The predicted octanol–water partition coefficient (Wildman–Crippen LogP) is 3.49. The minimum absolute atomic E-state index is 0.0949. The molecule has 3 amide bonds. The molecule has 1 saturated heterocycles. The minimum atomic E-state index is -0.381. The molecule has 1 aromatic heterocycles. The van der Waals surface area contributed by atoms with Gasteiger partial charge in [0.2, 0.25) is 6.79 Å². The van der Waals surface area contributed by atoms with Crippen LogP contribution in [0, 0.1) is 0 Å². The molecule has 1 N–H and O–H groups in total. The third-order valence-corrected chi connectivity index (χ3v) is 6.48. The van der Waals surface area contributed by atoms with Crippen molar-refractivity contribution in [3.63, 3.8) is 0 Å². The smallest absolute Gasteiger partial charge is 0.293 e. The van der Waals surface area contributed by atoms with Crippen molar-refractivity contribution in [2.24, 2.45) is 0 Å². The van der Waals surface area contributed by atoms with E-state index in [9.17, 15) is 14.4 Å². The fourth-order valence-electron chi connectivity index (χ4n) is 3.23. The first-order valence-corrected chi connectivity index (χ1v) is 11.0. The van der Waals surface area contributed by atoms with Crippen molar-refractivity contribution in [3.8, 4) is 11.5 Å². The molecule has 156 valence electrons. The summed E-state index contributed by atoms with van der Waals surface area (Å²) in [4.78, 5) is 43.0. The summed E-state index contributed by atoms with van der Waals surface area (Å²) in [5.41, 5.74) is 3.81. The Balaban J connectivity index is 1.21. The van der Waals surface area contributed by atoms with Gasteiger partial charge in [0.05, 0.1) is 20.6 Å². The molecular formula is C21H15N3O5S2. The molecule has 8 nitrogen and oxygen atoms in total. The maximum absolute atomic E-state index is 12.7. The van der Waals surface area contributed by atoms with E-state index in [1.807, 2.05) is 0 Å². The average molecular weight is 454 g/mol. The van der Waals surface area contributed by atoms with Gasteiger partial charge in [-0.3, -0.25) is 19.3 Å². The second-order valence-electron chi connectivity index (χ2n) is 6.74. The molecule has 0 atom stereocenters. The first-order chi connectivity index (χ1) is 15.1. The van der Waals surface area contributed by atoms with Gasteiger partial charge in [-0.2, -0.15) is 0 Å². The molecule has 0 unspecified atom stereocenters. The van der Waals surface area contributed by atoms with Crippen LogP contribution in [0.3, 0.4) is 0 Å². The van der Waals surface area contributed by atoms with E-state index in [0.717, 1.165) is 32.4 Å². The summed E-state index contributed by atoms with van der Waals surface area (Å²) in [5, 5.41) is 2.39. The minimum Gasteiger partial charge on any atom is -0.454 e. The third-order valence-electron chi connectivity index (χ3n) is 4.78. The number of aromatic nitrogens is 1. The van der Waals surface area contributed by atoms with Gasteiger partial charge in [0.1, 0.15) is 0 Å². The molecule has 0 aliphatic carbocycles. The number of fused-ring (bicyclic) bond motifs is 2. The molecule has 10 heteroatoms. The number of carbonyl (C=O) groups excluding carboxylic acids is 3. The number of hydrogen-bond acceptors (Lipinski definition) is 8. The molecule has 0 radical (unpaired) electrons. The van der Waals surface area contributed by atoms with Gasteiger partial charge in [-0.1, -0.05) is 6.07 Å². The van der Waals surface area contributed by atoms with Crippen molar-refractivity contribution < 1.29 is 23.9 Å². The van der Waals surface area contributed by atoms with Crippen LogP contribution in [0.15, 0.2) is 46.8 Å². The number of imide groups is 1. The Morgan fingerprint density at radius 2 is 2.03 bits per heavy atom. The van der Waals surface area contributed by atoms with Crippen LogP contribution in [-0.4, -0.2) is 46.8 Å². The van der Waals surface area contributed by atoms with E-state index in [2.05, 4.69) is 10.3 Å². The Hall–Kier alpha value is -3.37. The highest BCUT2D eigenvalue weighted by molar-refractivity contribution is 8.18. The van der Waals surface area contributed by atoms with Gasteiger partial charge in [-0.25, -0.2) is 4.98 Å². The van der Waals surface area contributed by atoms with Gasteiger partial charge in [0.15, 0.2) is 11.5 Å². The molecule has 2 aromatic carbocycles. The number of nitrogens with one attached hydrogen (secondary N) is 1. The third kappa shape index (κ3) is 3.87. The summed E-state index contributed by atoms with van der Waals surface area (Å²) in [6.45, 7) is 0.422. The lowest BCUT2D eigenvalue weighted by Gasteiger charge is -2.13. The second-order valence-corrected chi connectivity index (χ2v) is 8.62. The van der Waals surface area contributed by atoms with Crippen molar-refractivity contribution >= 4 is 56.4 Å². The molecule has 2 aliphatic heterocycles. The maximum atomic E-state index is 12.7. The topological polar surface area (TPSA) is 97.8 Å². The lowest BCUT2D eigenvalue weighted by molar-refractivity contribution is -0.122. The molecule has 3 aromatic rings. The number of benzene rings is 2. The Labute approximate surface area is 184 Å². The van der Waals surface area contributed by atoms with Crippen LogP contribution in [-0.2, 0) is 4.79 Å². The van der Waals surface area contributed by atoms with Crippen LogP contribution in [0.1, 0.15) is 15.9 Å². The maximum Gasteiger partial charge on any atom is 0.293 e. The largest absolute Gasteiger partial charge is 0.454 e. The standard InChI is InChI=1S/C21H15N3O5S2/c25-19(13-2-3-14-17(9-13)30-10-23-14)22-5-6-24-20(26)18(31-21(24)27)8-12-1-4-15-16(7-12)29-11-28-15/h1-4,7-10H,5-6,11H2,(H,22,25)/b18-8-. The summed E-state index contributed by atoms with van der Waals surface area (Å²) in [6, 6.07) is 10.6. The van der Waals surface area contributed by atoms with Gasteiger partial charge in [0, 0.05) is 18.7 Å². The predicted molar refractivity (Wildman–Crippen MR) is 117 cm³/mol. The lowest BCUT2D eigenvalue weighted by atomic mass is 10.2. The van der Waals surface area contributed by atoms with Crippen LogP contribution in [0.2, 0.25) is 0 Å². The van der Waals surface area contributed by atoms with Gasteiger partial charge in [-0.15, -0.1) is 11.3 Å². The van der Waals surface area contributed by atoms with Crippen LogP contribution in [0.4, 0.5) is 4.79 Å². The Morgan fingerprint density at radius 1 is 1.16 bits per heavy atom. The van der Waals surface area contributed by atoms with Crippen LogP contribution < -0.4 is 14.8 Å². The molecule has 0 spiro atoms. The van der Waals surface area contributed by atoms with Gasteiger partial charge in [0.25, 0.3) is 17.1 Å². The molecular weight excluding hydrogens is 438 g/mol. The number of thioether (sulfide) groups is 1. The van der Waals surface area contributed by atoms with Crippen molar-refractivity contribution in [1.82, 2.24) is 15.2 Å². The number of thiazole rings is 1. The quantitative estimate of drug-likeness (QED) is 0.591. The van der Waals surface area contributed by atoms with E-state index < -0.39 is 0 Å². The average Bonchev–Trinajstić information content (AvgIpc) is 3.48. The zero-order valence-electron chi connectivity index (χ0n) is 16.0. The van der Waals surface area contributed by atoms with Crippen molar-refractivity contribution in [2.45, 2.75) is 0 Å². The highest BCUT2D eigenvalue weighted by Gasteiger charge is 2.34. The number of nitrogens with zero attached hydrogens (tertiary/aromatic N) is 2. The van der Waals surface area contributed by atoms with Gasteiger partial charge in [-0.05, 0) is 53.7 Å². The zero-order chi connectivity index (χ0) is 21.4. The van der Waals surface area contributed by atoms with Gasteiger partial charge < -0.3 is 14.8 Å².